The Bertz CT molecular complexity index is 419. The molecule has 1 aliphatic rings. The van der Waals surface area contributed by atoms with E-state index in [1.807, 2.05) is 6.07 Å². The molecule has 0 amide bonds. The number of rotatable bonds is 6. The lowest BCUT2D eigenvalue weighted by Crippen LogP contribution is -2.14. The van der Waals surface area contributed by atoms with Crippen LogP contribution in [0, 0.1) is 5.41 Å². The van der Waals surface area contributed by atoms with Crippen LogP contribution >= 0.6 is 0 Å². The van der Waals surface area contributed by atoms with Gasteiger partial charge in [-0.15, -0.1) is 0 Å². The van der Waals surface area contributed by atoms with E-state index in [1.165, 1.54) is 12.8 Å². The van der Waals surface area contributed by atoms with E-state index in [-0.39, 0.29) is 0 Å². The van der Waals surface area contributed by atoms with Crippen LogP contribution in [-0.4, -0.2) is 23.1 Å². The summed E-state index contributed by atoms with van der Waals surface area (Å²) in [6.07, 6.45) is 3.60. The van der Waals surface area contributed by atoms with Gasteiger partial charge in [0.2, 0.25) is 0 Å². The summed E-state index contributed by atoms with van der Waals surface area (Å²) >= 11 is 0. The highest BCUT2D eigenvalue weighted by Crippen LogP contribution is 2.38. The van der Waals surface area contributed by atoms with Gasteiger partial charge in [-0.25, -0.2) is 9.97 Å². The van der Waals surface area contributed by atoms with Gasteiger partial charge >= 0.3 is 0 Å². The zero-order valence-electron chi connectivity index (χ0n) is 12.6. The lowest BCUT2D eigenvalue weighted by Gasteiger charge is -2.18. The first-order valence-electron chi connectivity index (χ1n) is 7.34. The molecule has 106 valence electrons. The average Bonchev–Trinajstić information content (AvgIpc) is 3.11. The van der Waals surface area contributed by atoms with Crippen LogP contribution in [0.4, 0.5) is 11.6 Å². The van der Waals surface area contributed by atoms with E-state index in [0.717, 1.165) is 37.0 Å². The average molecular weight is 262 g/mol. The van der Waals surface area contributed by atoms with E-state index in [2.05, 4.69) is 48.3 Å². The second-order valence-corrected chi connectivity index (χ2v) is 6.54. The smallest absolute Gasteiger partial charge is 0.136 e. The van der Waals surface area contributed by atoms with E-state index >= 15 is 0 Å². The summed E-state index contributed by atoms with van der Waals surface area (Å²) in [5.41, 5.74) is 0.351. The molecule has 0 saturated heterocycles. The molecule has 1 saturated carbocycles. The second kappa shape index (κ2) is 5.76. The largest absolute Gasteiger partial charge is 0.370 e. The van der Waals surface area contributed by atoms with Crippen LogP contribution in [0.2, 0.25) is 0 Å². The third kappa shape index (κ3) is 4.69. The number of aromatic nitrogens is 2. The lowest BCUT2D eigenvalue weighted by molar-refractivity contribution is 0.389. The first-order chi connectivity index (χ1) is 8.98. The molecule has 1 aliphatic carbocycles. The molecule has 2 N–H and O–H groups in total. The quantitative estimate of drug-likeness (QED) is 0.822. The van der Waals surface area contributed by atoms with Gasteiger partial charge in [0, 0.05) is 25.1 Å². The molecule has 0 spiro atoms. The van der Waals surface area contributed by atoms with Crippen molar-refractivity contribution in [3.05, 3.63) is 11.9 Å². The van der Waals surface area contributed by atoms with Gasteiger partial charge in [0.05, 0.1) is 0 Å². The van der Waals surface area contributed by atoms with Crippen molar-refractivity contribution in [3.8, 4) is 0 Å². The second-order valence-electron chi connectivity index (χ2n) is 6.54. The standard InChI is InChI=1S/C15H26N4/c1-5-16-12-10-13(17-9-8-15(2,3)4)19-14(18-12)11-6-7-11/h10-11H,5-9H2,1-4H3,(H2,16,17,18,19). The monoisotopic (exact) mass is 262 g/mol. The van der Waals surface area contributed by atoms with E-state index in [1.54, 1.807) is 0 Å². The minimum atomic E-state index is 0.351. The van der Waals surface area contributed by atoms with Crippen molar-refractivity contribution in [2.45, 2.75) is 52.9 Å². The van der Waals surface area contributed by atoms with Gasteiger partial charge in [0.1, 0.15) is 17.5 Å². The molecule has 4 nitrogen and oxygen atoms in total. The number of hydrogen-bond acceptors (Lipinski definition) is 4. The Kier molecular flexibility index (Phi) is 4.27. The number of hydrogen-bond donors (Lipinski definition) is 2. The summed E-state index contributed by atoms with van der Waals surface area (Å²) in [6.45, 7) is 10.7. The molecule has 0 aromatic carbocycles. The number of anilines is 2. The number of nitrogens with one attached hydrogen (secondary N) is 2. The first-order valence-corrected chi connectivity index (χ1v) is 7.34. The molecule has 0 atom stereocenters. The van der Waals surface area contributed by atoms with Crippen molar-refractivity contribution in [3.63, 3.8) is 0 Å². The Hall–Kier alpha value is -1.32. The zero-order chi connectivity index (χ0) is 13.9. The minimum absolute atomic E-state index is 0.351. The Balaban J connectivity index is 2.01. The summed E-state index contributed by atoms with van der Waals surface area (Å²) in [7, 11) is 0. The maximum absolute atomic E-state index is 4.64. The molecule has 1 heterocycles. The lowest BCUT2D eigenvalue weighted by atomic mass is 9.92. The van der Waals surface area contributed by atoms with Crippen molar-refractivity contribution in [2.24, 2.45) is 5.41 Å². The van der Waals surface area contributed by atoms with Gasteiger partial charge in [-0.05, 0) is 31.6 Å². The molecule has 0 unspecified atom stereocenters. The highest BCUT2D eigenvalue weighted by atomic mass is 15.1. The molecular weight excluding hydrogens is 236 g/mol. The Morgan fingerprint density at radius 2 is 1.79 bits per heavy atom. The Morgan fingerprint density at radius 1 is 1.16 bits per heavy atom. The highest BCUT2D eigenvalue weighted by molar-refractivity contribution is 5.48. The maximum atomic E-state index is 4.64. The van der Waals surface area contributed by atoms with Crippen LogP contribution in [-0.2, 0) is 0 Å². The molecule has 19 heavy (non-hydrogen) atoms. The molecular formula is C15H26N4. The SMILES string of the molecule is CCNc1cc(NCCC(C)(C)C)nc(C2CC2)n1. The van der Waals surface area contributed by atoms with Crippen LogP contribution in [0.3, 0.4) is 0 Å². The highest BCUT2D eigenvalue weighted by Gasteiger charge is 2.27. The predicted molar refractivity (Wildman–Crippen MR) is 80.7 cm³/mol. The van der Waals surface area contributed by atoms with E-state index in [9.17, 15) is 0 Å². The first kappa shape index (κ1) is 14.1. The number of nitrogens with zero attached hydrogens (tertiary/aromatic N) is 2. The van der Waals surface area contributed by atoms with Gasteiger partial charge in [-0.1, -0.05) is 20.8 Å². The Morgan fingerprint density at radius 3 is 2.32 bits per heavy atom. The minimum Gasteiger partial charge on any atom is -0.370 e. The predicted octanol–water partition coefficient (Wildman–Crippen LogP) is 3.63. The van der Waals surface area contributed by atoms with Crippen molar-refractivity contribution in [1.82, 2.24) is 9.97 Å². The van der Waals surface area contributed by atoms with Crippen LogP contribution < -0.4 is 10.6 Å². The van der Waals surface area contributed by atoms with Crippen molar-refractivity contribution in [1.29, 1.82) is 0 Å². The molecule has 0 radical (unpaired) electrons. The topological polar surface area (TPSA) is 49.8 Å². The maximum Gasteiger partial charge on any atom is 0.136 e. The van der Waals surface area contributed by atoms with Crippen LogP contribution in [0.25, 0.3) is 0 Å². The van der Waals surface area contributed by atoms with Crippen molar-refractivity contribution in [2.75, 3.05) is 23.7 Å². The third-order valence-electron chi connectivity index (χ3n) is 3.22. The van der Waals surface area contributed by atoms with Crippen LogP contribution in [0.5, 0.6) is 0 Å². The fourth-order valence-corrected chi connectivity index (χ4v) is 1.92. The fraction of sp³-hybridized carbons (Fsp3) is 0.733. The van der Waals surface area contributed by atoms with E-state index in [4.69, 9.17) is 0 Å². The van der Waals surface area contributed by atoms with Crippen molar-refractivity contribution < 1.29 is 0 Å². The van der Waals surface area contributed by atoms with Gasteiger partial charge in [-0.3, -0.25) is 0 Å². The van der Waals surface area contributed by atoms with Crippen LogP contribution in [0.15, 0.2) is 6.07 Å². The summed E-state index contributed by atoms with van der Waals surface area (Å²) in [4.78, 5) is 9.21. The summed E-state index contributed by atoms with van der Waals surface area (Å²) in [5.74, 6) is 3.48. The Labute approximate surface area is 116 Å². The van der Waals surface area contributed by atoms with E-state index in [0.29, 0.717) is 11.3 Å². The van der Waals surface area contributed by atoms with Crippen molar-refractivity contribution >= 4 is 11.6 Å². The zero-order valence-corrected chi connectivity index (χ0v) is 12.6. The summed E-state index contributed by atoms with van der Waals surface area (Å²) in [6, 6.07) is 2.01. The fourth-order valence-electron chi connectivity index (χ4n) is 1.92. The molecule has 2 rings (SSSR count). The molecule has 1 aromatic rings. The normalized spacial score (nSPS) is 15.4. The summed E-state index contributed by atoms with van der Waals surface area (Å²) < 4.78 is 0. The van der Waals surface area contributed by atoms with Gasteiger partial charge in [-0.2, -0.15) is 0 Å². The molecule has 0 bridgehead atoms. The summed E-state index contributed by atoms with van der Waals surface area (Å²) in [5, 5.41) is 6.72. The third-order valence-corrected chi connectivity index (χ3v) is 3.22. The van der Waals surface area contributed by atoms with Gasteiger partial charge in [0.15, 0.2) is 0 Å². The van der Waals surface area contributed by atoms with Crippen LogP contribution in [0.1, 0.15) is 58.7 Å². The molecule has 1 fully saturated rings. The molecule has 4 heteroatoms. The molecule has 1 aromatic heterocycles. The van der Waals surface area contributed by atoms with Gasteiger partial charge in [0.25, 0.3) is 0 Å². The van der Waals surface area contributed by atoms with E-state index < -0.39 is 0 Å². The van der Waals surface area contributed by atoms with Gasteiger partial charge < -0.3 is 10.6 Å². The molecule has 0 aliphatic heterocycles.